The lowest BCUT2D eigenvalue weighted by atomic mass is 9.96. The van der Waals surface area contributed by atoms with Crippen molar-refractivity contribution in [3.63, 3.8) is 0 Å². The number of aromatic nitrogens is 2. The van der Waals surface area contributed by atoms with E-state index in [2.05, 4.69) is 45.9 Å². The van der Waals surface area contributed by atoms with Gasteiger partial charge in [0.15, 0.2) is 0 Å². The average Bonchev–Trinajstić information content (AvgIpc) is 3.75. The van der Waals surface area contributed by atoms with Gasteiger partial charge in [-0.1, -0.05) is 77.8 Å². The molecule has 2 saturated heterocycles. The van der Waals surface area contributed by atoms with Gasteiger partial charge in [0.1, 0.15) is 5.75 Å². The van der Waals surface area contributed by atoms with Gasteiger partial charge >= 0.3 is 5.97 Å². The van der Waals surface area contributed by atoms with E-state index in [1.54, 1.807) is 7.11 Å². The molecule has 2 aliphatic rings. The molecule has 264 valence electrons. The lowest BCUT2D eigenvalue weighted by molar-refractivity contribution is -0.143. The summed E-state index contributed by atoms with van der Waals surface area (Å²) in [4.78, 5) is 25.2. The number of nitrogens with one attached hydrogen (secondary N) is 2. The van der Waals surface area contributed by atoms with Gasteiger partial charge in [0, 0.05) is 65.7 Å². The quantitative estimate of drug-likeness (QED) is 0.123. The van der Waals surface area contributed by atoms with Gasteiger partial charge in [0.2, 0.25) is 5.91 Å². The monoisotopic (exact) mass is 725 g/mol. The molecule has 0 saturated carbocycles. The Morgan fingerprint density at radius 1 is 1.00 bits per heavy atom. The van der Waals surface area contributed by atoms with Crippen molar-refractivity contribution >= 4 is 46.0 Å². The molecule has 1 unspecified atom stereocenters. The number of rotatable bonds is 12. The summed E-state index contributed by atoms with van der Waals surface area (Å²) in [5.74, 6) is -0.245. The molecule has 0 spiro atoms. The van der Waals surface area contributed by atoms with E-state index in [9.17, 15) is 14.7 Å². The molecule has 0 bridgehead atoms. The molecular weight excluding hydrogens is 685 g/mol. The van der Waals surface area contributed by atoms with E-state index in [1.807, 2.05) is 53.3 Å². The molecule has 11 heteroatoms. The minimum atomic E-state index is -0.743. The van der Waals surface area contributed by atoms with Crippen LogP contribution in [-0.4, -0.2) is 64.4 Å². The molecule has 3 heterocycles. The Kier molecular flexibility index (Phi) is 10.6. The third kappa shape index (κ3) is 7.77. The third-order valence-corrected chi connectivity index (χ3v) is 10.8. The average molecular weight is 727 g/mol. The van der Waals surface area contributed by atoms with E-state index in [4.69, 9.17) is 33.0 Å². The number of benzene rings is 4. The molecule has 0 aliphatic carbocycles. The molecule has 9 nitrogen and oxygen atoms in total. The van der Waals surface area contributed by atoms with E-state index < -0.39 is 5.97 Å². The number of hydrogen-bond donors (Lipinski definition) is 3. The van der Waals surface area contributed by atoms with Gasteiger partial charge in [-0.2, -0.15) is 5.10 Å². The molecule has 1 aromatic heterocycles. The number of carboxylic acid groups (broad SMARTS) is 1. The molecular formula is C40H41Cl2N5O4. The van der Waals surface area contributed by atoms with Crippen LogP contribution >= 0.6 is 23.2 Å². The molecule has 2 fully saturated rings. The van der Waals surface area contributed by atoms with Crippen molar-refractivity contribution in [1.29, 1.82) is 0 Å². The number of halogens is 2. The van der Waals surface area contributed by atoms with Gasteiger partial charge in [-0.3, -0.25) is 19.2 Å². The highest BCUT2D eigenvalue weighted by molar-refractivity contribution is 6.36. The summed E-state index contributed by atoms with van der Waals surface area (Å²) in [7, 11) is 1.65. The van der Waals surface area contributed by atoms with Crippen molar-refractivity contribution in [1.82, 2.24) is 25.3 Å². The van der Waals surface area contributed by atoms with Crippen LogP contribution in [0.15, 0.2) is 79.0 Å². The lowest BCUT2D eigenvalue weighted by Gasteiger charge is -2.31. The van der Waals surface area contributed by atoms with Gasteiger partial charge in [-0.15, -0.1) is 0 Å². The summed E-state index contributed by atoms with van der Waals surface area (Å²) < 4.78 is 7.72. The molecule has 3 N–H and O–H groups in total. The first-order chi connectivity index (χ1) is 24.8. The Balaban J connectivity index is 1.08. The number of ether oxygens (including phenoxy) is 1. The predicted octanol–water partition coefficient (Wildman–Crippen LogP) is 7.40. The van der Waals surface area contributed by atoms with Crippen molar-refractivity contribution in [2.24, 2.45) is 5.92 Å². The van der Waals surface area contributed by atoms with Crippen LogP contribution in [0.1, 0.15) is 42.4 Å². The Morgan fingerprint density at radius 3 is 2.55 bits per heavy atom. The maximum atomic E-state index is 11.6. The first-order valence-corrected chi connectivity index (χ1v) is 18.2. The number of nitrogens with zero attached hydrogens (tertiary/aromatic N) is 3. The van der Waals surface area contributed by atoms with Crippen LogP contribution < -0.4 is 15.4 Å². The third-order valence-electron chi connectivity index (χ3n) is 10.1. The summed E-state index contributed by atoms with van der Waals surface area (Å²) in [6.07, 6.45) is 4.92. The second-order valence-corrected chi connectivity index (χ2v) is 14.3. The molecule has 0 radical (unpaired) electrons. The zero-order valence-corrected chi connectivity index (χ0v) is 30.0. The van der Waals surface area contributed by atoms with E-state index in [1.165, 1.54) is 0 Å². The molecule has 5 aromatic rings. The Morgan fingerprint density at radius 2 is 1.78 bits per heavy atom. The van der Waals surface area contributed by atoms with Crippen molar-refractivity contribution in [3.05, 3.63) is 106 Å². The molecule has 4 aromatic carbocycles. The van der Waals surface area contributed by atoms with Gasteiger partial charge in [0.05, 0.1) is 36.3 Å². The highest BCUT2D eigenvalue weighted by Gasteiger charge is 2.26. The Hall–Kier alpha value is -4.41. The smallest absolute Gasteiger partial charge is 0.307 e. The van der Waals surface area contributed by atoms with Crippen molar-refractivity contribution in [2.75, 3.05) is 26.7 Å². The van der Waals surface area contributed by atoms with Crippen LogP contribution in [0.3, 0.4) is 0 Å². The molecule has 51 heavy (non-hydrogen) atoms. The summed E-state index contributed by atoms with van der Waals surface area (Å²) >= 11 is 14.0. The van der Waals surface area contributed by atoms with E-state index in [-0.39, 0.29) is 17.9 Å². The molecule has 1 amide bonds. The fourth-order valence-electron chi connectivity index (χ4n) is 7.32. The van der Waals surface area contributed by atoms with Gasteiger partial charge < -0.3 is 20.5 Å². The van der Waals surface area contributed by atoms with Crippen LogP contribution in [-0.2, 0) is 29.2 Å². The standard InChI is InChI=1S/C40H41Cl2N5O4/c1-51-37-18-28(35(41)17-29(37)23-46-16-4-5-27(22-46)40(49)50)24-47-36-9-3-7-32(34(36)21-44-47)33-8-2-6-31(39(33)42)26-12-10-25(11-13-26)19-43-20-30-14-15-38(48)45-30/h2-3,6-13,17-18,21,27,30,43H,4-5,14-16,19-20,22-24H2,1H3,(H,45,48)(H,49,50)/t27?,30-/m0/s1. The number of piperidine rings is 1. The van der Waals surface area contributed by atoms with Crippen LogP contribution in [0.5, 0.6) is 5.75 Å². The molecule has 2 aliphatic heterocycles. The van der Waals surface area contributed by atoms with Gasteiger partial charge in [0.25, 0.3) is 0 Å². The topological polar surface area (TPSA) is 109 Å². The summed E-state index contributed by atoms with van der Waals surface area (Å²) in [5, 5.41) is 23.0. The fourth-order valence-corrected chi connectivity index (χ4v) is 7.91. The highest BCUT2D eigenvalue weighted by Crippen LogP contribution is 2.39. The number of amides is 1. The highest BCUT2D eigenvalue weighted by atomic mass is 35.5. The maximum absolute atomic E-state index is 11.6. The van der Waals surface area contributed by atoms with Crippen LogP contribution in [0, 0.1) is 5.92 Å². The van der Waals surface area contributed by atoms with Crippen molar-refractivity contribution in [2.45, 2.75) is 51.4 Å². The lowest BCUT2D eigenvalue weighted by Crippen LogP contribution is -2.38. The van der Waals surface area contributed by atoms with E-state index in [0.717, 1.165) is 88.1 Å². The number of methoxy groups -OCH3 is 1. The van der Waals surface area contributed by atoms with Crippen LogP contribution in [0.25, 0.3) is 33.2 Å². The minimum absolute atomic E-state index is 0.132. The normalized spacial score (nSPS) is 17.9. The zero-order valence-electron chi connectivity index (χ0n) is 28.5. The number of aliphatic carboxylic acids is 1. The number of carbonyl (C=O) groups is 2. The van der Waals surface area contributed by atoms with E-state index >= 15 is 0 Å². The molecule has 2 atom stereocenters. The number of carbonyl (C=O) groups excluding carboxylic acids is 1. The SMILES string of the molecule is COc1cc(Cn2ncc3c(-c4cccc(-c5ccc(CNC[C@@H]6CCC(=O)N6)cc5)c4Cl)cccc32)c(Cl)cc1CN1CCCC(C(=O)O)C1. The van der Waals surface area contributed by atoms with Crippen LogP contribution in [0.4, 0.5) is 0 Å². The first-order valence-electron chi connectivity index (χ1n) is 17.4. The number of likely N-dealkylation sites (tertiary alicyclic amines) is 1. The van der Waals surface area contributed by atoms with E-state index in [0.29, 0.717) is 42.5 Å². The zero-order chi connectivity index (χ0) is 35.5. The summed E-state index contributed by atoms with van der Waals surface area (Å²) in [6.45, 7) is 3.85. The first kappa shape index (κ1) is 35.0. The molecule has 7 rings (SSSR count). The summed E-state index contributed by atoms with van der Waals surface area (Å²) in [6, 6.07) is 24.8. The van der Waals surface area contributed by atoms with Crippen LogP contribution in [0.2, 0.25) is 10.0 Å². The Labute approximate surface area is 307 Å². The fraction of sp³-hybridized carbons (Fsp3) is 0.325. The van der Waals surface area contributed by atoms with Crippen molar-refractivity contribution in [3.8, 4) is 28.0 Å². The van der Waals surface area contributed by atoms with Crippen molar-refractivity contribution < 1.29 is 19.4 Å². The number of carboxylic acids is 1. The minimum Gasteiger partial charge on any atom is -0.496 e. The summed E-state index contributed by atoms with van der Waals surface area (Å²) in [5.41, 5.74) is 7.83. The predicted molar refractivity (Wildman–Crippen MR) is 201 cm³/mol. The second kappa shape index (κ2) is 15.5. The Bertz CT molecular complexity index is 2060. The number of fused-ring (bicyclic) bond motifs is 1. The number of hydrogen-bond acceptors (Lipinski definition) is 6. The van der Waals surface area contributed by atoms with Gasteiger partial charge in [-0.25, -0.2) is 0 Å². The second-order valence-electron chi connectivity index (χ2n) is 13.5. The maximum Gasteiger partial charge on any atom is 0.307 e. The largest absolute Gasteiger partial charge is 0.496 e. The van der Waals surface area contributed by atoms with Gasteiger partial charge in [-0.05, 0) is 66.3 Å².